The Morgan fingerprint density at radius 1 is 1.24 bits per heavy atom. The molecule has 1 aromatic rings. The first kappa shape index (κ1) is 12.7. The van der Waals surface area contributed by atoms with Crippen LogP contribution in [-0.4, -0.2) is 53.9 Å². The zero-order valence-electron chi connectivity index (χ0n) is 12.0. The summed E-state index contributed by atoms with van der Waals surface area (Å²) < 4.78 is 6.05. The molecule has 2 heterocycles. The number of nitrogens with zero attached hydrogens (tertiary/aromatic N) is 2. The molecule has 0 N–H and O–H groups in total. The van der Waals surface area contributed by atoms with E-state index in [9.17, 15) is 9.59 Å². The second-order valence-corrected chi connectivity index (χ2v) is 6.15. The van der Waals surface area contributed by atoms with Gasteiger partial charge >= 0.3 is 0 Å². The Balaban J connectivity index is 1.63. The van der Waals surface area contributed by atoms with Gasteiger partial charge in [0.1, 0.15) is 11.9 Å². The maximum absolute atomic E-state index is 12.5. The van der Waals surface area contributed by atoms with Crippen LogP contribution in [0.1, 0.15) is 23.2 Å². The van der Waals surface area contributed by atoms with Gasteiger partial charge in [0.25, 0.3) is 5.91 Å². The summed E-state index contributed by atoms with van der Waals surface area (Å²) in [5.74, 6) is 1.03. The summed E-state index contributed by atoms with van der Waals surface area (Å²) in [4.78, 5) is 28.4. The van der Waals surface area contributed by atoms with Gasteiger partial charge in [-0.2, -0.15) is 0 Å². The highest BCUT2D eigenvalue weighted by atomic mass is 16.5. The fourth-order valence-corrected chi connectivity index (χ4v) is 3.26. The molecular weight excluding hydrogens is 268 g/mol. The van der Waals surface area contributed by atoms with Gasteiger partial charge in [0.05, 0.1) is 18.2 Å². The SMILES string of the molecule is CN1C(=O)c2ccccc2O[C@H]2CN(C(=O)C3CC3)C[C@H]21. The van der Waals surface area contributed by atoms with E-state index in [0.29, 0.717) is 24.4 Å². The summed E-state index contributed by atoms with van der Waals surface area (Å²) >= 11 is 0. The van der Waals surface area contributed by atoms with Crippen LogP contribution in [0.15, 0.2) is 24.3 Å². The van der Waals surface area contributed by atoms with Crippen LogP contribution in [0.4, 0.5) is 0 Å². The Hall–Kier alpha value is -2.04. The average Bonchev–Trinajstić information content (AvgIpc) is 3.27. The molecule has 0 bridgehead atoms. The standard InChI is InChI=1S/C16H18N2O3/c1-17-12-8-18(15(19)10-6-7-10)9-14(12)21-13-5-3-2-4-11(13)16(17)20/h2-5,10,12,14H,6-9H2,1H3/t12-,14+/m1/s1. The number of rotatable bonds is 1. The van der Waals surface area contributed by atoms with Gasteiger partial charge in [-0.25, -0.2) is 0 Å². The van der Waals surface area contributed by atoms with Gasteiger partial charge in [0, 0.05) is 19.5 Å². The number of fused-ring (bicyclic) bond motifs is 2. The molecule has 1 aromatic carbocycles. The lowest BCUT2D eigenvalue weighted by atomic mass is 10.1. The molecule has 1 saturated heterocycles. The first-order valence-corrected chi connectivity index (χ1v) is 7.47. The Kier molecular flexibility index (Phi) is 2.71. The van der Waals surface area contributed by atoms with Crippen LogP contribution in [0.3, 0.4) is 0 Å². The first-order chi connectivity index (χ1) is 10.1. The number of amides is 2. The highest BCUT2D eigenvalue weighted by molar-refractivity contribution is 5.97. The largest absolute Gasteiger partial charge is 0.486 e. The van der Waals surface area contributed by atoms with Gasteiger partial charge in [0.15, 0.2) is 0 Å². The van der Waals surface area contributed by atoms with E-state index in [0.717, 1.165) is 12.8 Å². The van der Waals surface area contributed by atoms with Crippen molar-refractivity contribution in [3.63, 3.8) is 0 Å². The predicted molar refractivity (Wildman–Crippen MR) is 76.0 cm³/mol. The summed E-state index contributed by atoms with van der Waals surface area (Å²) in [6.07, 6.45) is 1.87. The minimum Gasteiger partial charge on any atom is -0.486 e. The first-order valence-electron chi connectivity index (χ1n) is 7.47. The number of carbonyl (C=O) groups is 2. The molecule has 0 spiro atoms. The van der Waals surface area contributed by atoms with Gasteiger partial charge in [-0.15, -0.1) is 0 Å². The lowest BCUT2D eigenvalue weighted by Gasteiger charge is -2.25. The Bertz CT molecular complexity index is 611. The molecule has 5 heteroatoms. The van der Waals surface area contributed by atoms with Crippen LogP contribution >= 0.6 is 0 Å². The fraction of sp³-hybridized carbons (Fsp3) is 0.500. The van der Waals surface area contributed by atoms with Gasteiger partial charge in [-0.3, -0.25) is 9.59 Å². The number of para-hydroxylation sites is 1. The van der Waals surface area contributed by atoms with Crippen molar-refractivity contribution in [2.45, 2.75) is 25.0 Å². The van der Waals surface area contributed by atoms with Crippen LogP contribution in [0, 0.1) is 5.92 Å². The molecule has 2 fully saturated rings. The number of likely N-dealkylation sites (N-methyl/N-ethyl adjacent to an activating group) is 1. The van der Waals surface area contributed by atoms with Gasteiger partial charge in [-0.05, 0) is 25.0 Å². The number of carbonyl (C=O) groups excluding carboxylic acids is 2. The van der Waals surface area contributed by atoms with Gasteiger partial charge in [-0.1, -0.05) is 12.1 Å². The van der Waals surface area contributed by atoms with E-state index >= 15 is 0 Å². The molecule has 110 valence electrons. The quantitative estimate of drug-likeness (QED) is 0.778. The Morgan fingerprint density at radius 2 is 2.00 bits per heavy atom. The Morgan fingerprint density at radius 3 is 2.76 bits per heavy atom. The minimum absolute atomic E-state index is 0.0289. The van der Waals surface area contributed by atoms with Crippen LogP contribution in [0.2, 0.25) is 0 Å². The second-order valence-electron chi connectivity index (χ2n) is 6.15. The minimum atomic E-state index is -0.134. The highest BCUT2D eigenvalue weighted by Crippen LogP contribution is 2.35. The van der Waals surface area contributed by atoms with Crippen LogP contribution in [0.5, 0.6) is 5.75 Å². The van der Waals surface area contributed by atoms with Crippen molar-refractivity contribution in [2.75, 3.05) is 20.1 Å². The topological polar surface area (TPSA) is 49.9 Å². The van der Waals surface area contributed by atoms with Crippen LogP contribution in [0.25, 0.3) is 0 Å². The van der Waals surface area contributed by atoms with Gasteiger partial charge < -0.3 is 14.5 Å². The third-order valence-corrected chi connectivity index (χ3v) is 4.69. The third kappa shape index (κ3) is 1.99. The molecule has 1 aliphatic carbocycles. The van der Waals surface area contributed by atoms with Crippen molar-refractivity contribution < 1.29 is 14.3 Å². The van der Waals surface area contributed by atoms with Crippen LogP contribution < -0.4 is 4.74 Å². The molecule has 0 unspecified atom stereocenters. The molecule has 2 amide bonds. The summed E-state index contributed by atoms with van der Waals surface area (Å²) in [6, 6.07) is 7.27. The Labute approximate surface area is 123 Å². The molecule has 2 aliphatic heterocycles. The monoisotopic (exact) mass is 286 g/mol. The van der Waals surface area contributed by atoms with E-state index in [1.807, 2.05) is 23.1 Å². The lowest BCUT2D eigenvalue weighted by molar-refractivity contribution is -0.131. The normalized spacial score (nSPS) is 27.8. The molecule has 21 heavy (non-hydrogen) atoms. The van der Waals surface area contributed by atoms with E-state index in [1.165, 1.54) is 0 Å². The summed E-state index contributed by atoms with van der Waals surface area (Å²) in [5.41, 5.74) is 0.606. The summed E-state index contributed by atoms with van der Waals surface area (Å²) in [6.45, 7) is 1.15. The number of benzene rings is 1. The number of hydrogen-bond acceptors (Lipinski definition) is 3. The molecule has 0 radical (unpaired) electrons. The number of hydrogen-bond donors (Lipinski definition) is 0. The number of likely N-dealkylation sites (tertiary alicyclic amines) is 1. The zero-order chi connectivity index (χ0) is 14.6. The smallest absolute Gasteiger partial charge is 0.257 e. The van der Waals surface area contributed by atoms with Crippen molar-refractivity contribution >= 4 is 11.8 Å². The molecule has 1 saturated carbocycles. The van der Waals surface area contributed by atoms with Crippen LogP contribution in [-0.2, 0) is 4.79 Å². The molecule has 5 nitrogen and oxygen atoms in total. The maximum Gasteiger partial charge on any atom is 0.257 e. The van der Waals surface area contributed by atoms with E-state index in [1.54, 1.807) is 18.0 Å². The van der Waals surface area contributed by atoms with E-state index in [2.05, 4.69) is 0 Å². The van der Waals surface area contributed by atoms with Crippen molar-refractivity contribution in [2.24, 2.45) is 5.92 Å². The van der Waals surface area contributed by atoms with Crippen molar-refractivity contribution in [1.82, 2.24) is 9.80 Å². The molecule has 3 aliphatic rings. The third-order valence-electron chi connectivity index (χ3n) is 4.69. The van der Waals surface area contributed by atoms with E-state index in [4.69, 9.17) is 4.74 Å². The van der Waals surface area contributed by atoms with Crippen molar-refractivity contribution in [1.29, 1.82) is 0 Å². The molecule has 2 atom stereocenters. The van der Waals surface area contributed by atoms with Crippen molar-refractivity contribution in [3.8, 4) is 5.75 Å². The van der Waals surface area contributed by atoms with E-state index < -0.39 is 0 Å². The molecular formula is C16H18N2O3. The summed E-state index contributed by atoms with van der Waals surface area (Å²) in [7, 11) is 1.80. The predicted octanol–water partition coefficient (Wildman–Crippen LogP) is 1.14. The lowest BCUT2D eigenvalue weighted by Crippen LogP contribution is -2.44. The highest BCUT2D eigenvalue weighted by Gasteiger charge is 2.46. The maximum atomic E-state index is 12.5. The molecule has 4 rings (SSSR count). The second kappa shape index (κ2) is 4.48. The number of ether oxygens (including phenoxy) is 1. The zero-order valence-corrected chi connectivity index (χ0v) is 12.0. The summed E-state index contributed by atoms with van der Waals surface area (Å²) in [5, 5.41) is 0. The molecule has 0 aromatic heterocycles. The van der Waals surface area contributed by atoms with Gasteiger partial charge in [0.2, 0.25) is 5.91 Å². The van der Waals surface area contributed by atoms with Crippen molar-refractivity contribution in [3.05, 3.63) is 29.8 Å². The van der Waals surface area contributed by atoms with E-state index in [-0.39, 0.29) is 29.9 Å². The average molecular weight is 286 g/mol. The fourth-order valence-electron chi connectivity index (χ4n) is 3.26.